The molecule has 3 aromatic carbocycles. The van der Waals surface area contributed by atoms with Crippen molar-refractivity contribution in [2.45, 2.75) is 131 Å². The van der Waals surface area contributed by atoms with Crippen LogP contribution >= 0.6 is 23.5 Å². The van der Waals surface area contributed by atoms with Crippen molar-refractivity contribution in [3.8, 4) is 0 Å². The Morgan fingerprint density at radius 1 is 0.236 bits per heavy atom. The quantitative estimate of drug-likeness (QED) is 0.0185. The summed E-state index contributed by atoms with van der Waals surface area (Å²) < 4.78 is 569. The van der Waals surface area contributed by atoms with E-state index in [-0.39, 0.29) is 470 Å². The van der Waals surface area contributed by atoms with E-state index in [4.69, 9.17) is 28.4 Å². The van der Waals surface area contributed by atoms with Crippen LogP contribution in [-0.4, -0.2) is 341 Å². The van der Waals surface area contributed by atoms with Crippen molar-refractivity contribution < 1.29 is 692 Å². The van der Waals surface area contributed by atoms with Crippen LogP contribution in [0.4, 0.5) is 11.4 Å². The van der Waals surface area contributed by atoms with Crippen LogP contribution in [0.3, 0.4) is 0 Å². The fourth-order valence-corrected chi connectivity index (χ4v) is 19.4. The van der Waals surface area contributed by atoms with Crippen molar-refractivity contribution in [3.05, 3.63) is 83.9 Å². The van der Waals surface area contributed by atoms with Gasteiger partial charge in [0.1, 0.15) is 96.3 Å². The second-order valence-corrected chi connectivity index (χ2v) is 41.1. The monoisotopic (exact) mass is 2470 g/mol. The Hall–Kier alpha value is 9.24. The molecule has 3 aromatic rings. The maximum Gasteiger partial charge on any atom is 1.00 e. The number of hydrogen-bond acceptors (Lipinski definition) is 52. The summed E-state index contributed by atoms with van der Waals surface area (Å²) in [5.74, 6) is -2.00. The van der Waals surface area contributed by atoms with Gasteiger partial charge in [0.15, 0.2) is 24.8 Å². The van der Waals surface area contributed by atoms with Gasteiger partial charge < -0.3 is 39.1 Å². The van der Waals surface area contributed by atoms with Crippen molar-refractivity contribution in [1.82, 2.24) is 0 Å². The maximum atomic E-state index is 13.6. The van der Waals surface area contributed by atoms with Gasteiger partial charge in [-0.3, -0.25) is 73.3 Å². The molecule has 0 aromatic heterocycles. The molecule has 4 fully saturated rings. The molecule has 722 valence electrons. The molecule has 96 heteroatoms. The van der Waals surface area contributed by atoms with E-state index < -0.39 is 305 Å². The molecule has 4 heterocycles. The number of carbonyl (C=O) groups excluding carboxylic acids is 2. The second kappa shape index (κ2) is 68.1. The van der Waals surface area contributed by atoms with Gasteiger partial charge in [0, 0.05) is 32.3 Å². The van der Waals surface area contributed by atoms with Crippen molar-refractivity contribution in [3.63, 3.8) is 0 Å². The molecule has 4 aliphatic heterocycles. The van der Waals surface area contributed by atoms with Gasteiger partial charge in [-0.1, -0.05) is 23.5 Å². The van der Waals surface area contributed by atoms with Crippen LogP contribution in [0.15, 0.2) is 82.6 Å². The number of nitrogens with one attached hydrogen (secondary N) is 2. The number of ether oxygens (including phenoxy) is 6. The number of hydrogen-bond donors (Lipinski definition) is 16. The second-order valence-electron chi connectivity index (χ2n) is 23.9. The van der Waals surface area contributed by atoms with E-state index in [0.717, 1.165) is 72.8 Å². The number of amides is 2. The predicted molar refractivity (Wildman–Crippen MR) is 386 cm³/mol. The first kappa shape index (κ1) is 164. The van der Waals surface area contributed by atoms with Crippen LogP contribution in [0.5, 0.6) is 0 Å². The topological polar surface area (TPSA) is 1000 Å². The van der Waals surface area contributed by atoms with Crippen LogP contribution in [0.1, 0.15) is 20.7 Å². The number of rotatable bonds is 44. The smallest absolute Gasteiger partial charge is 0.356 e. The molecule has 4 aliphatic rings. The number of benzene rings is 3. The Morgan fingerprint density at radius 3 is 0.614 bits per heavy atom. The zero-order chi connectivity index (χ0) is 95.5. The zero-order valence-corrected chi connectivity index (χ0v) is 115. The molecular formula is C44H56N2Na14O64S16+14. The van der Waals surface area contributed by atoms with Gasteiger partial charge in [-0.2, -0.15) is 118 Å². The maximum absolute atomic E-state index is 13.6. The van der Waals surface area contributed by atoms with Gasteiger partial charge in [-0.15, -0.1) is 0 Å². The average Bonchev–Trinajstić information content (AvgIpc) is 0.756. The molecule has 66 nitrogen and oxygen atoms in total. The van der Waals surface area contributed by atoms with Crippen LogP contribution in [0.25, 0.3) is 0 Å². The first-order valence-electron chi connectivity index (χ1n) is 31.1. The summed E-state index contributed by atoms with van der Waals surface area (Å²) >= 11 is 0.212. The minimum atomic E-state index is -6.30. The summed E-state index contributed by atoms with van der Waals surface area (Å²) in [4.78, 5) is 26.6. The summed E-state index contributed by atoms with van der Waals surface area (Å²) in [7, 11) is -85.4. The number of thioether (sulfide) groups is 2. The van der Waals surface area contributed by atoms with E-state index in [1.54, 1.807) is 0 Å². The van der Waals surface area contributed by atoms with E-state index in [1.807, 2.05) is 0 Å². The van der Waals surface area contributed by atoms with E-state index in [9.17, 15) is 191 Å². The SMILES string of the molecule is O=C(Nc1ccc(S[C@@H]2O[C@H](COS(=O)(=O)O)[C@@H](O[C@@H]3O[C@H](COS(=O)(=O)O)[C@@H](OS(=O)(=O)O)[C@H](OS(=O)(=O)O)[C@H]3OS(=O)(=O)O)[C@H](OS(=O)(=O)O)[C@H]2OS(=O)(=O)O)cc1)c1ccc(C(=O)Nc2ccc(S[C@@H]3O[C@H](COS(=O)(=O)O)[C@@H](O[C@@H]4O[C@H](COS(=O)(=O)O)[C@@H](OS(=O)(=O)O)[C@H](OS(=O)(=O)O)[C@H]4OS(=O)(=O)O)[C@H](OS(=O)(=O)O)[C@H]3OS(=O)(=O)O)cc2)cc1.[Na+].[Na+].[Na+].[Na+].[Na+].[Na+].[Na+].[Na+].[Na+].[Na+].[Na+].[Na+].[Na+].[Na+]. The fourth-order valence-electron chi connectivity index (χ4n) is 10.9. The molecular weight excluding hydrogens is 2420 g/mol. The van der Waals surface area contributed by atoms with Gasteiger partial charge >= 0.3 is 559 Å². The molecule has 0 radical (unpaired) electrons. The molecule has 7 rings (SSSR count). The predicted octanol–water partition coefficient (Wildman–Crippen LogP) is -48.7. The summed E-state index contributed by atoms with van der Waals surface area (Å²) in [5.41, 5.74) is -5.78. The van der Waals surface area contributed by atoms with Gasteiger partial charge in [0.25, 0.3) is 11.8 Å². The molecule has 20 atom stereocenters. The molecule has 2 amide bonds. The van der Waals surface area contributed by atoms with Crippen LogP contribution < -0.4 is 424 Å². The largest absolute Gasteiger partial charge is 1.00 e. The summed E-state index contributed by atoms with van der Waals surface area (Å²) in [6.45, 7) is -7.63. The molecule has 0 aliphatic carbocycles. The third-order valence-corrected chi connectivity index (χ3v) is 23.6. The molecule has 16 N–H and O–H groups in total. The van der Waals surface area contributed by atoms with E-state index in [2.05, 4.69) is 69.2 Å². The van der Waals surface area contributed by atoms with Gasteiger partial charge in [0.05, 0.1) is 26.4 Å². The van der Waals surface area contributed by atoms with Crippen molar-refractivity contribution in [2.75, 3.05) is 37.1 Å². The molecule has 0 saturated carbocycles. The Balaban J connectivity index is -0.00000207. The third kappa shape index (κ3) is 62.1. The van der Waals surface area contributed by atoms with E-state index >= 15 is 0 Å². The fraction of sp³-hybridized carbons (Fsp3) is 0.545. The third-order valence-electron chi connectivity index (χ3n) is 14.9. The van der Waals surface area contributed by atoms with Crippen molar-refractivity contribution >= 4 is 192 Å². The van der Waals surface area contributed by atoms with Gasteiger partial charge in [-0.05, 0) is 72.8 Å². The Morgan fingerprint density at radius 2 is 0.414 bits per heavy atom. The molecule has 0 unspecified atom stereocenters. The molecule has 4 saturated heterocycles. The van der Waals surface area contributed by atoms with E-state index in [0.29, 0.717) is 0 Å². The van der Waals surface area contributed by atoms with Gasteiger partial charge in [-0.25, -0.2) is 58.6 Å². The van der Waals surface area contributed by atoms with E-state index in [1.165, 1.54) is 0 Å². The van der Waals surface area contributed by atoms with Crippen molar-refractivity contribution in [2.24, 2.45) is 0 Å². The first-order valence-corrected chi connectivity index (χ1v) is 52.0. The normalized spacial score (nSPS) is 25.4. The van der Waals surface area contributed by atoms with Crippen LogP contribution in [-0.2, 0) is 233 Å². The Labute approximate surface area is 1110 Å². The summed E-state index contributed by atoms with van der Waals surface area (Å²) in [6, 6.07) is 12.2. The minimum absolute atomic E-state index is 0. The summed E-state index contributed by atoms with van der Waals surface area (Å²) in [5, 5.41) is 4.76. The van der Waals surface area contributed by atoms with Crippen molar-refractivity contribution in [1.29, 1.82) is 0 Å². The summed E-state index contributed by atoms with van der Waals surface area (Å²) in [6.07, 6.45) is -56.7. The average molecular weight is 2470 g/mol. The minimum Gasteiger partial charge on any atom is -0.356 e. The number of anilines is 2. The zero-order valence-electron chi connectivity index (χ0n) is 73.5. The first-order chi connectivity index (χ1) is 56.9. The standard InChI is InChI=1S/C44H56N2O64S16.14Na/c47-39(45-19-5-9-21(10-6-19)111-43-37(109-125(85,86)87)31(103-119(67,68)69)27(23(97-43)13-91-113(49,50)51)99-41-35(107-123(79,80)81)33(105-121(73,74)75)29(101-117(61,62)63)25(95-41)15-93-115(55,56)57)17-1-2-18(4-3-17)40(48)46-20-7-11-22(12-8-20)112-44-38(110-126(88,89)90)32(104-120(70,71)72)28(24(98-44)14-92-114(52,53)54)100-42-36(108-124(82,83)84)34(106-122(76,77)78)30(102-118(64,65)66)26(96-42)16-94-116(58,59)60;;;;;;;;;;;;;;/h1-12,23-38,41-44H,13-16H2,(H,45,47)(H,46,48)(H,49,50,51)(H,52,53,54)(H,55,56,57)(H,58,59,60)(H,61,62,63)(H,64,65,66)(H,67,68,69)(H,70,71,72)(H,73,74,75)(H,76,77,78)(H,79,80,81)(H,82,83,84)(H,85,86,87)(H,88,89,90);;;;;;;;;;;;;;/q;14*+1/t23-,24-,25-,26-,27-,28-,29-,30-,31+,32+,33+,34+,35-,36-,37-,38-,41+,42+,43+,44+;;;;;;;;;;;;;;/m1............../s1. The number of carbonyl (C=O) groups is 2. The molecule has 0 spiro atoms. The molecule has 0 bridgehead atoms. The Kier molecular flexibility index (Phi) is 80.0. The Bertz CT molecular complexity index is 5830. The van der Waals surface area contributed by atoms with Crippen LogP contribution in [0.2, 0.25) is 0 Å². The molecule has 140 heavy (non-hydrogen) atoms. The van der Waals surface area contributed by atoms with Crippen LogP contribution in [0, 0.1) is 0 Å². The van der Waals surface area contributed by atoms with Gasteiger partial charge in [0.2, 0.25) is 0 Å².